The Bertz CT molecular complexity index is 485. The van der Waals surface area contributed by atoms with E-state index in [9.17, 15) is 4.79 Å². The van der Waals surface area contributed by atoms with Gasteiger partial charge in [0.2, 0.25) is 5.69 Å². The van der Waals surface area contributed by atoms with Crippen LogP contribution < -0.4 is 22.7 Å². The Morgan fingerprint density at radius 3 is 2.38 bits per heavy atom. The first-order valence-corrected chi connectivity index (χ1v) is 4.64. The summed E-state index contributed by atoms with van der Waals surface area (Å²) >= 11 is 0. The maximum absolute atomic E-state index is 11.0. The predicted molar refractivity (Wildman–Crippen MR) is 56.5 cm³/mol. The van der Waals surface area contributed by atoms with Crippen LogP contribution in [0.4, 0.5) is 0 Å². The largest absolute Gasteiger partial charge is 1.00 e. The van der Waals surface area contributed by atoms with Crippen LogP contribution >= 0.6 is 0 Å². The minimum absolute atomic E-state index is 0. The van der Waals surface area contributed by atoms with Crippen molar-refractivity contribution in [1.82, 2.24) is 0 Å². The molecular formula is C12H11ClN2O. The third kappa shape index (κ3) is 2.58. The molecule has 1 heterocycles. The fourth-order valence-electron chi connectivity index (χ4n) is 1.38. The average Bonchev–Trinajstić information content (AvgIpc) is 2.30. The zero-order valence-electron chi connectivity index (χ0n) is 8.51. The number of benzene rings is 1. The molecule has 0 aliphatic heterocycles. The molecular weight excluding hydrogens is 224 g/mol. The monoisotopic (exact) mass is 234 g/mol. The van der Waals surface area contributed by atoms with Crippen LogP contribution in [0, 0.1) is 0 Å². The predicted octanol–water partition coefficient (Wildman–Crippen LogP) is -1.93. The van der Waals surface area contributed by atoms with Crippen LogP contribution in [-0.4, -0.2) is 5.91 Å². The lowest BCUT2D eigenvalue weighted by atomic mass is 10.2. The molecule has 0 aliphatic rings. The van der Waals surface area contributed by atoms with E-state index in [1.807, 2.05) is 41.1 Å². The Kier molecular flexibility index (Phi) is 4.03. The minimum atomic E-state index is -0.416. The number of amides is 1. The highest BCUT2D eigenvalue weighted by Gasteiger charge is 2.08. The normalized spacial score (nSPS) is 9.25. The SMILES string of the molecule is NC(=O)c1ccc[n+](-c2ccccc2)c1.[Cl-]. The van der Waals surface area contributed by atoms with Crippen LogP contribution in [-0.2, 0) is 0 Å². The number of pyridine rings is 1. The van der Waals surface area contributed by atoms with Gasteiger partial charge in [0.25, 0.3) is 5.91 Å². The van der Waals surface area contributed by atoms with Crippen LogP contribution in [0.25, 0.3) is 5.69 Å². The Labute approximate surface area is 99.9 Å². The molecule has 16 heavy (non-hydrogen) atoms. The summed E-state index contributed by atoms with van der Waals surface area (Å²) in [5.41, 5.74) is 6.71. The molecule has 0 unspecified atom stereocenters. The Hall–Kier alpha value is -1.87. The van der Waals surface area contributed by atoms with E-state index in [0.29, 0.717) is 5.56 Å². The molecule has 82 valence electrons. The molecule has 0 fully saturated rings. The fraction of sp³-hybridized carbons (Fsp3) is 0. The lowest BCUT2D eigenvalue weighted by Crippen LogP contribution is -3.00. The second-order valence-electron chi connectivity index (χ2n) is 3.20. The van der Waals surface area contributed by atoms with Gasteiger partial charge in [-0.2, -0.15) is 4.57 Å². The van der Waals surface area contributed by atoms with Crippen LogP contribution in [0.15, 0.2) is 54.9 Å². The molecule has 0 aliphatic carbocycles. The Balaban J connectivity index is 0.00000128. The van der Waals surface area contributed by atoms with Crippen molar-refractivity contribution >= 4 is 5.91 Å². The van der Waals surface area contributed by atoms with Crippen molar-refractivity contribution in [3.05, 3.63) is 60.4 Å². The number of rotatable bonds is 2. The maximum atomic E-state index is 11.0. The number of carbonyl (C=O) groups is 1. The van der Waals surface area contributed by atoms with Gasteiger partial charge in [-0.3, -0.25) is 4.79 Å². The van der Waals surface area contributed by atoms with Gasteiger partial charge in [0.15, 0.2) is 12.4 Å². The number of nitrogens with zero attached hydrogens (tertiary/aromatic N) is 1. The number of hydrogen-bond donors (Lipinski definition) is 1. The first-order chi connectivity index (χ1) is 7.27. The molecule has 4 heteroatoms. The summed E-state index contributed by atoms with van der Waals surface area (Å²) < 4.78 is 1.86. The molecule has 2 aromatic rings. The molecule has 0 saturated carbocycles. The number of para-hydroxylation sites is 1. The number of halogens is 1. The quantitative estimate of drug-likeness (QED) is 0.605. The van der Waals surface area contributed by atoms with Gasteiger partial charge in [-0.15, -0.1) is 0 Å². The second-order valence-corrected chi connectivity index (χ2v) is 3.20. The summed E-state index contributed by atoms with van der Waals surface area (Å²) in [6, 6.07) is 13.3. The molecule has 0 atom stereocenters. The van der Waals surface area contributed by atoms with E-state index in [1.54, 1.807) is 18.3 Å². The molecule has 1 amide bonds. The maximum Gasteiger partial charge on any atom is 0.254 e. The highest BCUT2D eigenvalue weighted by atomic mass is 35.5. The van der Waals surface area contributed by atoms with Gasteiger partial charge < -0.3 is 18.1 Å². The molecule has 2 rings (SSSR count). The van der Waals surface area contributed by atoms with Crippen molar-refractivity contribution in [3.63, 3.8) is 0 Å². The average molecular weight is 235 g/mol. The van der Waals surface area contributed by atoms with E-state index in [-0.39, 0.29) is 12.4 Å². The summed E-state index contributed by atoms with van der Waals surface area (Å²) in [5, 5.41) is 0. The number of aromatic nitrogens is 1. The summed E-state index contributed by atoms with van der Waals surface area (Å²) in [6.45, 7) is 0. The molecule has 1 aromatic carbocycles. The van der Waals surface area contributed by atoms with Crippen molar-refractivity contribution in [2.24, 2.45) is 5.73 Å². The van der Waals surface area contributed by atoms with Gasteiger partial charge in [-0.25, -0.2) is 0 Å². The van der Waals surface area contributed by atoms with Crippen molar-refractivity contribution in [2.45, 2.75) is 0 Å². The fourth-order valence-corrected chi connectivity index (χ4v) is 1.38. The molecule has 1 aromatic heterocycles. The van der Waals surface area contributed by atoms with Crippen LogP contribution in [0.3, 0.4) is 0 Å². The highest BCUT2D eigenvalue weighted by molar-refractivity contribution is 5.92. The first-order valence-electron chi connectivity index (χ1n) is 4.64. The first kappa shape index (κ1) is 12.2. The number of carbonyl (C=O) groups excluding carboxylic acids is 1. The summed E-state index contributed by atoms with van der Waals surface area (Å²) in [4.78, 5) is 11.0. The molecule has 0 spiro atoms. The summed E-state index contributed by atoms with van der Waals surface area (Å²) in [5.74, 6) is -0.416. The van der Waals surface area contributed by atoms with E-state index in [4.69, 9.17) is 5.73 Å². The second kappa shape index (κ2) is 5.28. The standard InChI is InChI=1S/C12H10N2O.ClH/c13-12(15)10-5-4-8-14(9-10)11-6-2-1-3-7-11;/h1-9H,(H-,13,15);1H. The smallest absolute Gasteiger partial charge is 0.254 e. The van der Waals surface area contributed by atoms with Gasteiger partial charge in [-0.05, 0) is 6.07 Å². The van der Waals surface area contributed by atoms with Gasteiger partial charge >= 0.3 is 0 Å². The third-order valence-electron chi connectivity index (χ3n) is 2.14. The zero-order valence-corrected chi connectivity index (χ0v) is 9.26. The third-order valence-corrected chi connectivity index (χ3v) is 2.14. The minimum Gasteiger partial charge on any atom is -1.00 e. The van der Waals surface area contributed by atoms with Crippen LogP contribution in [0.5, 0.6) is 0 Å². The van der Waals surface area contributed by atoms with Crippen LogP contribution in [0.1, 0.15) is 10.4 Å². The van der Waals surface area contributed by atoms with Gasteiger partial charge in [0.05, 0.1) is 0 Å². The Morgan fingerprint density at radius 1 is 1.06 bits per heavy atom. The molecule has 0 radical (unpaired) electrons. The van der Waals surface area contributed by atoms with Crippen molar-refractivity contribution in [3.8, 4) is 5.69 Å². The van der Waals surface area contributed by atoms with Gasteiger partial charge in [0, 0.05) is 18.2 Å². The van der Waals surface area contributed by atoms with Gasteiger partial charge in [-0.1, -0.05) is 18.2 Å². The number of hydrogen-bond acceptors (Lipinski definition) is 1. The lowest BCUT2D eigenvalue weighted by molar-refractivity contribution is -0.595. The molecule has 0 saturated heterocycles. The zero-order chi connectivity index (χ0) is 10.7. The molecule has 3 nitrogen and oxygen atoms in total. The highest BCUT2D eigenvalue weighted by Crippen LogP contribution is 1.99. The molecule has 2 N–H and O–H groups in total. The van der Waals surface area contributed by atoms with E-state index in [0.717, 1.165) is 5.69 Å². The topological polar surface area (TPSA) is 47.0 Å². The van der Waals surface area contributed by atoms with E-state index in [2.05, 4.69) is 0 Å². The van der Waals surface area contributed by atoms with Crippen molar-refractivity contribution in [1.29, 1.82) is 0 Å². The van der Waals surface area contributed by atoms with E-state index >= 15 is 0 Å². The van der Waals surface area contributed by atoms with E-state index < -0.39 is 5.91 Å². The summed E-state index contributed by atoms with van der Waals surface area (Å²) in [7, 11) is 0. The summed E-state index contributed by atoms with van der Waals surface area (Å²) in [6.07, 6.45) is 3.60. The van der Waals surface area contributed by atoms with Crippen molar-refractivity contribution in [2.75, 3.05) is 0 Å². The van der Waals surface area contributed by atoms with E-state index in [1.165, 1.54) is 0 Å². The van der Waals surface area contributed by atoms with Gasteiger partial charge in [0.1, 0.15) is 5.56 Å². The number of primary amides is 1. The van der Waals surface area contributed by atoms with Crippen LogP contribution in [0.2, 0.25) is 0 Å². The lowest BCUT2D eigenvalue weighted by Gasteiger charge is -1.96. The number of nitrogens with two attached hydrogens (primary N) is 1. The Morgan fingerprint density at radius 2 is 1.75 bits per heavy atom. The molecule has 0 bridgehead atoms. The van der Waals surface area contributed by atoms with Crippen molar-refractivity contribution < 1.29 is 21.8 Å².